The van der Waals surface area contributed by atoms with Crippen LogP contribution in [-0.2, 0) is 22.4 Å². The van der Waals surface area contributed by atoms with E-state index < -0.39 is 5.97 Å². The maximum atomic E-state index is 11.0. The molecule has 6 heteroatoms. The molecule has 3 rings (SSSR count). The van der Waals surface area contributed by atoms with Crippen LogP contribution in [0.25, 0.3) is 0 Å². The average molecular weight is 428 g/mol. The highest BCUT2D eigenvalue weighted by atomic mass is 16.5. The number of aryl methyl sites for hydroxylation is 2. The minimum atomic E-state index is -0.783. The Labute approximate surface area is 184 Å². The molecule has 1 N–H and O–H groups in total. The first-order valence-electron chi connectivity index (χ1n) is 11.1. The number of benzene rings is 2. The van der Waals surface area contributed by atoms with Gasteiger partial charge in [0.05, 0.1) is 13.7 Å². The van der Waals surface area contributed by atoms with Crippen LogP contribution < -0.4 is 9.47 Å². The molecular weight excluding hydrogens is 394 g/mol. The minimum Gasteiger partial charge on any atom is -0.497 e. The zero-order valence-corrected chi connectivity index (χ0v) is 18.3. The van der Waals surface area contributed by atoms with E-state index in [9.17, 15) is 4.79 Å². The molecule has 1 saturated heterocycles. The number of nitrogens with zero attached hydrogens (tertiary/aromatic N) is 1. The number of para-hydroxylation sites is 1. The van der Waals surface area contributed by atoms with Crippen LogP contribution >= 0.6 is 0 Å². The van der Waals surface area contributed by atoms with E-state index in [-0.39, 0.29) is 12.6 Å². The monoisotopic (exact) mass is 427 g/mol. The molecule has 31 heavy (non-hydrogen) atoms. The molecule has 168 valence electrons. The lowest BCUT2D eigenvalue weighted by Crippen LogP contribution is -2.36. The third-order valence-electron chi connectivity index (χ3n) is 5.59. The summed E-state index contributed by atoms with van der Waals surface area (Å²) >= 11 is 0. The Hall–Kier alpha value is -2.57. The van der Waals surface area contributed by atoms with Crippen molar-refractivity contribution >= 4 is 5.97 Å². The standard InChI is InChI=1S/C25H33NO5/c1-29-22-9-6-7-20(19-22)11-12-21-8-2-3-10-23(21)30-17-18-31-24(13-14-25(27)28)26-15-4-5-16-26/h2-3,6-10,19,24H,4-5,11-18H2,1H3,(H,27,28). The highest BCUT2D eigenvalue weighted by molar-refractivity contribution is 5.66. The molecule has 0 radical (unpaired) electrons. The Kier molecular flexibility index (Phi) is 9.18. The van der Waals surface area contributed by atoms with Crippen molar-refractivity contribution in [2.45, 2.75) is 44.8 Å². The Bertz CT molecular complexity index is 819. The third-order valence-corrected chi connectivity index (χ3v) is 5.59. The number of carboxylic acids is 1. The van der Waals surface area contributed by atoms with Gasteiger partial charge in [-0.1, -0.05) is 30.3 Å². The van der Waals surface area contributed by atoms with Gasteiger partial charge >= 0.3 is 5.97 Å². The maximum absolute atomic E-state index is 11.0. The second-order valence-electron chi connectivity index (χ2n) is 7.81. The molecule has 1 fully saturated rings. The summed E-state index contributed by atoms with van der Waals surface area (Å²) in [6, 6.07) is 16.2. The van der Waals surface area contributed by atoms with Gasteiger partial charge in [-0.05, 0) is 61.4 Å². The lowest BCUT2D eigenvalue weighted by Gasteiger charge is -2.27. The molecule has 1 atom stereocenters. The van der Waals surface area contributed by atoms with Gasteiger partial charge in [0, 0.05) is 19.5 Å². The zero-order chi connectivity index (χ0) is 21.9. The number of carboxylic acid groups (broad SMARTS) is 1. The molecule has 1 aliphatic heterocycles. The van der Waals surface area contributed by atoms with E-state index in [1.54, 1.807) is 7.11 Å². The van der Waals surface area contributed by atoms with Gasteiger partial charge in [0.25, 0.3) is 0 Å². The van der Waals surface area contributed by atoms with Crippen LogP contribution in [0.3, 0.4) is 0 Å². The fourth-order valence-electron chi connectivity index (χ4n) is 3.94. The molecule has 1 unspecified atom stereocenters. The number of rotatable bonds is 13. The van der Waals surface area contributed by atoms with Crippen molar-refractivity contribution in [2.75, 3.05) is 33.4 Å². The van der Waals surface area contributed by atoms with Crippen LogP contribution in [0.2, 0.25) is 0 Å². The van der Waals surface area contributed by atoms with Gasteiger partial charge in [-0.3, -0.25) is 9.69 Å². The molecule has 2 aromatic rings. The van der Waals surface area contributed by atoms with E-state index in [0.717, 1.165) is 55.8 Å². The number of ether oxygens (including phenoxy) is 3. The van der Waals surface area contributed by atoms with Gasteiger partial charge in [-0.2, -0.15) is 0 Å². The number of hydrogen-bond donors (Lipinski definition) is 1. The maximum Gasteiger partial charge on any atom is 0.303 e. The topological polar surface area (TPSA) is 68.2 Å². The summed E-state index contributed by atoms with van der Waals surface area (Å²) in [4.78, 5) is 13.2. The molecular formula is C25H33NO5. The van der Waals surface area contributed by atoms with Crippen molar-refractivity contribution in [3.05, 3.63) is 59.7 Å². The fraction of sp³-hybridized carbons (Fsp3) is 0.480. The van der Waals surface area contributed by atoms with Crippen molar-refractivity contribution < 1.29 is 24.1 Å². The van der Waals surface area contributed by atoms with Crippen molar-refractivity contribution in [3.63, 3.8) is 0 Å². The van der Waals surface area contributed by atoms with Crippen LogP contribution in [0.4, 0.5) is 0 Å². The third kappa shape index (κ3) is 7.56. The number of aliphatic carboxylic acids is 1. The Morgan fingerprint density at radius 1 is 1.06 bits per heavy atom. The van der Waals surface area contributed by atoms with Crippen LogP contribution in [0.5, 0.6) is 11.5 Å². The lowest BCUT2D eigenvalue weighted by atomic mass is 10.0. The highest BCUT2D eigenvalue weighted by Gasteiger charge is 2.23. The lowest BCUT2D eigenvalue weighted by molar-refractivity contribution is -0.139. The SMILES string of the molecule is COc1cccc(CCc2ccccc2OCCOC(CCC(=O)O)N2CCCC2)c1. The Morgan fingerprint density at radius 2 is 1.87 bits per heavy atom. The van der Waals surface area contributed by atoms with E-state index in [1.807, 2.05) is 30.3 Å². The van der Waals surface area contributed by atoms with Crippen LogP contribution in [-0.4, -0.2) is 55.6 Å². The summed E-state index contributed by atoms with van der Waals surface area (Å²) in [6.07, 6.45) is 4.54. The smallest absolute Gasteiger partial charge is 0.303 e. The molecule has 1 aliphatic rings. The van der Waals surface area contributed by atoms with Gasteiger partial charge in [-0.25, -0.2) is 0 Å². The summed E-state index contributed by atoms with van der Waals surface area (Å²) in [5, 5.41) is 9.01. The largest absolute Gasteiger partial charge is 0.497 e. The molecule has 0 saturated carbocycles. The number of likely N-dealkylation sites (tertiary alicyclic amines) is 1. The summed E-state index contributed by atoms with van der Waals surface area (Å²) in [7, 11) is 1.68. The zero-order valence-electron chi connectivity index (χ0n) is 18.3. The van der Waals surface area contributed by atoms with Crippen molar-refractivity contribution in [1.29, 1.82) is 0 Å². The molecule has 6 nitrogen and oxygen atoms in total. The molecule has 1 heterocycles. The first-order chi connectivity index (χ1) is 15.2. The second-order valence-corrected chi connectivity index (χ2v) is 7.81. The van der Waals surface area contributed by atoms with Crippen molar-refractivity contribution in [1.82, 2.24) is 4.90 Å². The van der Waals surface area contributed by atoms with Gasteiger partial charge in [0.1, 0.15) is 24.3 Å². The molecule has 2 aromatic carbocycles. The van der Waals surface area contributed by atoms with Gasteiger partial charge in [0.15, 0.2) is 0 Å². The van der Waals surface area contributed by atoms with Gasteiger partial charge in [-0.15, -0.1) is 0 Å². The fourth-order valence-corrected chi connectivity index (χ4v) is 3.94. The summed E-state index contributed by atoms with van der Waals surface area (Å²) in [6.45, 7) is 2.81. The minimum absolute atomic E-state index is 0.120. The van der Waals surface area contributed by atoms with E-state index >= 15 is 0 Å². The summed E-state index contributed by atoms with van der Waals surface area (Å²) in [5.74, 6) is 0.959. The van der Waals surface area contributed by atoms with Crippen LogP contribution in [0.15, 0.2) is 48.5 Å². The Morgan fingerprint density at radius 3 is 2.65 bits per heavy atom. The van der Waals surface area contributed by atoms with Gasteiger partial charge < -0.3 is 19.3 Å². The van der Waals surface area contributed by atoms with Crippen molar-refractivity contribution in [2.24, 2.45) is 0 Å². The normalized spacial score (nSPS) is 15.0. The second kappa shape index (κ2) is 12.3. The van der Waals surface area contributed by atoms with E-state index in [0.29, 0.717) is 19.6 Å². The van der Waals surface area contributed by atoms with E-state index in [2.05, 4.69) is 23.1 Å². The first kappa shape index (κ1) is 23.1. The molecule has 0 bridgehead atoms. The van der Waals surface area contributed by atoms with E-state index in [4.69, 9.17) is 19.3 Å². The van der Waals surface area contributed by atoms with Crippen molar-refractivity contribution in [3.8, 4) is 11.5 Å². The predicted molar refractivity (Wildman–Crippen MR) is 120 cm³/mol. The molecule has 0 aromatic heterocycles. The molecule has 0 amide bonds. The summed E-state index contributed by atoms with van der Waals surface area (Å²) in [5.41, 5.74) is 2.39. The van der Waals surface area contributed by atoms with Crippen LogP contribution in [0, 0.1) is 0 Å². The van der Waals surface area contributed by atoms with Gasteiger partial charge in [0.2, 0.25) is 0 Å². The molecule has 0 spiro atoms. The number of carbonyl (C=O) groups is 1. The number of hydrogen-bond acceptors (Lipinski definition) is 5. The number of methoxy groups -OCH3 is 1. The highest BCUT2D eigenvalue weighted by Crippen LogP contribution is 2.22. The summed E-state index contributed by atoms with van der Waals surface area (Å²) < 4.78 is 17.3. The average Bonchev–Trinajstić information content (AvgIpc) is 3.32. The van der Waals surface area contributed by atoms with Crippen LogP contribution in [0.1, 0.15) is 36.8 Å². The van der Waals surface area contributed by atoms with E-state index in [1.165, 1.54) is 5.56 Å². The Balaban J connectivity index is 1.48. The quantitative estimate of drug-likeness (QED) is 0.484. The molecule has 0 aliphatic carbocycles. The predicted octanol–water partition coefficient (Wildman–Crippen LogP) is 4.16. The first-order valence-corrected chi connectivity index (χ1v) is 11.1.